The fourth-order valence-corrected chi connectivity index (χ4v) is 2.29. The monoisotopic (exact) mass is 223 g/mol. The lowest BCUT2D eigenvalue weighted by atomic mass is 9.75. The third-order valence-corrected chi connectivity index (χ3v) is 3.60. The number of halogens is 1. The van der Waals surface area contributed by atoms with Gasteiger partial charge in [0.1, 0.15) is 5.82 Å². The van der Waals surface area contributed by atoms with Gasteiger partial charge in [0.2, 0.25) is 0 Å². The maximum absolute atomic E-state index is 12.8. The van der Waals surface area contributed by atoms with Crippen molar-refractivity contribution in [3.8, 4) is 0 Å². The first kappa shape index (κ1) is 11.6. The Kier molecular flexibility index (Phi) is 3.56. The SMILES string of the molecule is NCC(c1ccc(F)cc1)C(O)C1CCC1. The topological polar surface area (TPSA) is 46.2 Å². The molecule has 16 heavy (non-hydrogen) atoms. The predicted molar refractivity (Wildman–Crippen MR) is 61.5 cm³/mol. The van der Waals surface area contributed by atoms with Gasteiger partial charge >= 0.3 is 0 Å². The first-order chi connectivity index (χ1) is 7.72. The van der Waals surface area contributed by atoms with Gasteiger partial charge in [-0.1, -0.05) is 18.6 Å². The number of nitrogens with two attached hydrogens (primary N) is 1. The molecule has 0 aliphatic heterocycles. The zero-order valence-electron chi connectivity index (χ0n) is 9.27. The van der Waals surface area contributed by atoms with Crippen molar-refractivity contribution in [2.75, 3.05) is 6.54 Å². The number of rotatable bonds is 4. The highest BCUT2D eigenvalue weighted by Crippen LogP contribution is 2.35. The molecule has 0 bridgehead atoms. The lowest BCUT2D eigenvalue weighted by Gasteiger charge is -2.35. The lowest BCUT2D eigenvalue weighted by Crippen LogP contribution is -2.35. The smallest absolute Gasteiger partial charge is 0.123 e. The van der Waals surface area contributed by atoms with Crippen molar-refractivity contribution in [1.29, 1.82) is 0 Å². The fourth-order valence-electron chi connectivity index (χ4n) is 2.29. The van der Waals surface area contributed by atoms with E-state index in [1.165, 1.54) is 18.6 Å². The summed E-state index contributed by atoms with van der Waals surface area (Å²) >= 11 is 0. The zero-order chi connectivity index (χ0) is 11.5. The molecule has 3 N–H and O–H groups in total. The fraction of sp³-hybridized carbons (Fsp3) is 0.538. The van der Waals surface area contributed by atoms with Gasteiger partial charge in [0.15, 0.2) is 0 Å². The second-order valence-corrected chi connectivity index (χ2v) is 4.58. The van der Waals surface area contributed by atoms with Gasteiger partial charge in [-0.05, 0) is 36.5 Å². The van der Waals surface area contributed by atoms with Crippen molar-refractivity contribution in [2.45, 2.75) is 31.3 Å². The Hall–Kier alpha value is -0.930. The van der Waals surface area contributed by atoms with Crippen molar-refractivity contribution in [3.05, 3.63) is 35.6 Å². The largest absolute Gasteiger partial charge is 0.392 e. The van der Waals surface area contributed by atoms with Crippen LogP contribution in [0.5, 0.6) is 0 Å². The Balaban J connectivity index is 2.11. The van der Waals surface area contributed by atoms with Crippen molar-refractivity contribution >= 4 is 0 Å². The Morgan fingerprint density at radius 1 is 1.31 bits per heavy atom. The maximum atomic E-state index is 12.8. The minimum Gasteiger partial charge on any atom is -0.392 e. The molecule has 88 valence electrons. The molecule has 1 saturated carbocycles. The van der Waals surface area contributed by atoms with E-state index in [-0.39, 0.29) is 17.8 Å². The average Bonchev–Trinajstić information content (AvgIpc) is 2.19. The van der Waals surface area contributed by atoms with E-state index in [4.69, 9.17) is 5.73 Å². The van der Waals surface area contributed by atoms with Crippen LogP contribution in [0.4, 0.5) is 4.39 Å². The second kappa shape index (κ2) is 4.93. The molecule has 0 aromatic heterocycles. The van der Waals surface area contributed by atoms with E-state index in [9.17, 15) is 9.50 Å². The van der Waals surface area contributed by atoms with Gasteiger partial charge in [0.05, 0.1) is 6.10 Å². The molecule has 1 aliphatic rings. The summed E-state index contributed by atoms with van der Waals surface area (Å²) < 4.78 is 12.8. The van der Waals surface area contributed by atoms with Crippen LogP contribution in [0.1, 0.15) is 30.7 Å². The van der Waals surface area contributed by atoms with E-state index in [0.29, 0.717) is 12.5 Å². The number of hydrogen-bond acceptors (Lipinski definition) is 2. The van der Waals surface area contributed by atoms with E-state index in [1.807, 2.05) is 0 Å². The maximum Gasteiger partial charge on any atom is 0.123 e. The highest BCUT2D eigenvalue weighted by atomic mass is 19.1. The van der Waals surface area contributed by atoms with Crippen molar-refractivity contribution in [1.82, 2.24) is 0 Å². The van der Waals surface area contributed by atoms with Crippen molar-refractivity contribution in [3.63, 3.8) is 0 Å². The molecule has 0 amide bonds. The summed E-state index contributed by atoms with van der Waals surface area (Å²) in [5.41, 5.74) is 6.64. The summed E-state index contributed by atoms with van der Waals surface area (Å²) in [6.07, 6.45) is 2.98. The Morgan fingerprint density at radius 2 is 1.94 bits per heavy atom. The van der Waals surface area contributed by atoms with Crippen LogP contribution in [0, 0.1) is 11.7 Å². The van der Waals surface area contributed by atoms with Gasteiger partial charge in [-0.25, -0.2) is 4.39 Å². The summed E-state index contributed by atoms with van der Waals surface area (Å²) in [5, 5.41) is 10.2. The molecule has 0 heterocycles. The lowest BCUT2D eigenvalue weighted by molar-refractivity contribution is 0.0420. The van der Waals surface area contributed by atoms with Crippen molar-refractivity contribution < 1.29 is 9.50 Å². The molecule has 0 spiro atoms. The second-order valence-electron chi connectivity index (χ2n) is 4.58. The number of aliphatic hydroxyl groups is 1. The molecule has 0 radical (unpaired) electrons. The summed E-state index contributed by atoms with van der Waals surface area (Å²) in [7, 11) is 0. The van der Waals surface area contributed by atoms with Crippen LogP contribution in [0.15, 0.2) is 24.3 Å². The van der Waals surface area contributed by atoms with Crippen LogP contribution in [0.2, 0.25) is 0 Å². The summed E-state index contributed by atoms with van der Waals surface area (Å²) in [4.78, 5) is 0. The van der Waals surface area contributed by atoms with E-state index in [2.05, 4.69) is 0 Å². The quantitative estimate of drug-likeness (QED) is 0.820. The molecule has 2 nitrogen and oxygen atoms in total. The van der Waals surface area contributed by atoms with E-state index < -0.39 is 0 Å². The van der Waals surface area contributed by atoms with Crippen LogP contribution in [-0.2, 0) is 0 Å². The first-order valence-electron chi connectivity index (χ1n) is 5.86. The summed E-state index contributed by atoms with van der Waals surface area (Å²) in [5.74, 6) is 0.0576. The molecular formula is C13H18FNO. The molecule has 3 heteroatoms. The third kappa shape index (κ3) is 2.25. The van der Waals surface area contributed by atoms with Gasteiger partial charge in [0, 0.05) is 12.5 Å². The highest BCUT2D eigenvalue weighted by Gasteiger charge is 2.31. The highest BCUT2D eigenvalue weighted by molar-refractivity contribution is 5.22. The van der Waals surface area contributed by atoms with E-state index in [0.717, 1.165) is 18.4 Å². The molecule has 2 rings (SSSR count). The van der Waals surface area contributed by atoms with Gasteiger partial charge < -0.3 is 10.8 Å². The number of benzene rings is 1. The van der Waals surface area contributed by atoms with Crippen LogP contribution >= 0.6 is 0 Å². The van der Waals surface area contributed by atoms with Gasteiger partial charge in [-0.15, -0.1) is 0 Å². The normalized spacial score (nSPS) is 20.2. The number of hydrogen-bond donors (Lipinski definition) is 2. The zero-order valence-corrected chi connectivity index (χ0v) is 9.27. The molecule has 1 aliphatic carbocycles. The predicted octanol–water partition coefficient (Wildman–Crippen LogP) is 2.03. The minimum absolute atomic E-state index is 0.0640. The standard InChI is InChI=1S/C13H18FNO/c14-11-6-4-9(5-7-11)12(8-15)13(16)10-2-1-3-10/h4-7,10,12-13,16H,1-3,8,15H2. The van der Waals surface area contributed by atoms with Crippen LogP contribution in [0.25, 0.3) is 0 Å². The number of aliphatic hydroxyl groups excluding tert-OH is 1. The van der Waals surface area contributed by atoms with E-state index >= 15 is 0 Å². The average molecular weight is 223 g/mol. The Labute approximate surface area is 95.3 Å². The molecule has 2 unspecified atom stereocenters. The van der Waals surface area contributed by atoms with Gasteiger partial charge in [0.25, 0.3) is 0 Å². The molecular weight excluding hydrogens is 205 g/mol. The van der Waals surface area contributed by atoms with Crippen LogP contribution in [0.3, 0.4) is 0 Å². The van der Waals surface area contributed by atoms with Crippen LogP contribution < -0.4 is 5.73 Å². The summed E-state index contributed by atoms with van der Waals surface area (Å²) in [6, 6.07) is 6.28. The molecule has 2 atom stereocenters. The van der Waals surface area contributed by atoms with Gasteiger partial charge in [-0.2, -0.15) is 0 Å². The molecule has 1 aromatic rings. The molecule has 1 fully saturated rings. The van der Waals surface area contributed by atoms with E-state index in [1.54, 1.807) is 12.1 Å². The Morgan fingerprint density at radius 3 is 2.38 bits per heavy atom. The van der Waals surface area contributed by atoms with Gasteiger partial charge in [-0.3, -0.25) is 0 Å². The third-order valence-electron chi connectivity index (χ3n) is 3.60. The van der Waals surface area contributed by atoms with Crippen LogP contribution in [-0.4, -0.2) is 17.8 Å². The van der Waals surface area contributed by atoms with Crippen molar-refractivity contribution in [2.24, 2.45) is 11.7 Å². The molecule has 1 aromatic carbocycles. The minimum atomic E-state index is -0.385. The Bertz CT molecular complexity index is 334. The summed E-state index contributed by atoms with van der Waals surface area (Å²) in [6.45, 7) is 0.406. The first-order valence-corrected chi connectivity index (χ1v) is 5.86. The molecule has 0 saturated heterocycles.